The molecule has 3 heteroatoms. The van der Waals surface area contributed by atoms with E-state index in [0.717, 1.165) is 12.1 Å². The minimum Gasteiger partial charge on any atom is -0.272 e. The Bertz CT molecular complexity index is 287. The number of halogens is 1. The second-order valence-electron chi connectivity index (χ2n) is 3.84. The summed E-state index contributed by atoms with van der Waals surface area (Å²) in [6, 6.07) is 2.12. The van der Waals surface area contributed by atoms with E-state index in [1.165, 1.54) is 5.69 Å². The molecule has 1 heterocycles. The smallest absolute Gasteiger partial charge is 0.0596 e. The van der Waals surface area contributed by atoms with Crippen molar-refractivity contribution in [1.82, 2.24) is 9.78 Å². The van der Waals surface area contributed by atoms with Crippen molar-refractivity contribution < 1.29 is 0 Å². The molecule has 0 N–H and O–H groups in total. The van der Waals surface area contributed by atoms with Crippen LogP contribution in [0, 0.1) is 6.92 Å². The number of alkyl halides is 1. The summed E-state index contributed by atoms with van der Waals surface area (Å²) in [6.07, 6.45) is 1.04. The number of aromatic nitrogens is 2. The second-order valence-corrected chi connectivity index (χ2v) is 4.11. The molecule has 74 valence electrons. The van der Waals surface area contributed by atoms with Gasteiger partial charge in [0.15, 0.2) is 0 Å². The average Bonchev–Trinajstić information content (AvgIpc) is 2.44. The van der Waals surface area contributed by atoms with Crippen molar-refractivity contribution in [1.29, 1.82) is 0 Å². The van der Waals surface area contributed by atoms with E-state index in [4.69, 9.17) is 11.6 Å². The van der Waals surface area contributed by atoms with Crippen molar-refractivity contribution >= 4 is 11.6 Å². The third-order valence-corrected chi connectivity index (χ3v) is 3.29. The Kier molecular flexibility index (Phi) is 3.01. The molecular weight excluding hydrogens is 184 g/mol. The Hall–Kier alpha value is -0.500. The monoisotopic (exact) mass is 200 g/mol. The first-order chi connectivity index (χ1) is 6.03. The summed E-state index contributed by atoms with van der Waals surface area (Å²) in [6.45, 7) is 6.34. The number of rotatable bonds is 3. The van der Waals surface area contributed by atoms with Crippen LogP contribution in [0.2, 0.25) is 0 Å². The molecule has 0 aliphatic rings. The highest BCUT2D eigenvalue weighted by Gasteiger charge is 2.26. The fraction of sp³-hybridized carbons (Fsp3) is 0.700. The van der Waals surface area contributed by atoms with Crippen LogP contribution in [0.5, 0.6) is 0 Å². The van der Waals surface area contributed by atoms with E-state index in [-0.39, 0.29) is 5.41 Å². The molecule has 0 amide bonds. The quantitative estimate of drug-likeness (QED) is 0.686. The maximum Gasteiger partial charge on any atom is 0.0596 e. The Balaban J connectivity index is 3.11. The summed E-state index contributed by atoms with van der Waals surface area (Å²) in [4.78, 5) is 0. The van der Waals surface area contributed by atoms with E-state index in [9.17, 15) is 0 Å². The van der Waals surface area contributed by atoms with Gasteiger partial charge < -0.3 is 0 Å². The topological polar surface area (TPSA) is 17.8 Å². The molecule has 1 rings (SSSR count). The normalized spacial score (nSPS) is 15.8. The second kappa shape index (κ2) is 3.70. The molecule has 13 heavy (non-hydrogen) atoms. The summed E-state index contributed by atoms with van der Waals surface area (Å²) >= 11 is 5.98. The summed E-state index contributed by atoms with van der Waals surface area (Å²) in [5, 5.41) is 4.33. The maximum absolute atomic E-state index is 5.98. The van der Waals surface area contributed by atoms with Gasteiger partial charge in [-0.25, -0.2) is 0 Å². The van der Waals surface area contributed by atoms with Gasteiger partial charge >= 0.3 is 0 Å². The molecule has 1 unspecified atom stereocenters. The zero-order valence-electron chi connectivity index (χ0n) is 8.76. The Morgan fingerprint density at radius 2 is 2.23 bits per heavy atom. The third-order valence-electron chi connectivity index (χ3n) is 2.70. The third kappa shape index (κ3) is 1.88. The van der Waals surface area contributed by atoms with Crippen molar-refractivity contribution in [2.45, 2.75) is 32.6 Å². The van der Waals surface area contributed by atoms with E-state index < -0.39 is 0 Å². The van der Waals surface area contributed by atoms with Gasteiger partial charge in [0, 0.05) is 24.0 Å². The van der Waals surface area contributed by atoms with E-state index in [0.29, 0.717) is 5.88 Å². The Morgan fingerprint density at radius 3 is 2.54 bits per heavy atom. The van der Waals surface area contributed by atoms with Gasteiger partial charge in [-0.2, -0.15) is 5.10 Å². The number of hydrogen-bond acceptors (Lipinski definition) is 1. The van der Waals surface area contributed by atoms with E-state index >= 15 is 0 Å². The van der Waals surface area contributed by atoms with Gasteiger partial charge in [0.1, 0.15) is 0 Å². The van der Waals surface area contributed by atoms with Crippen LogP contribution in [0.15, 0.2) is 6.07 Å². The molecule has 0 fully saturated rings. The SMILES string of the molecule is CCC(C)(CCl)c1cc(C)nn1C. The minimum atomic E-state index is 0.0531. The van der Waals surface area contributed by atoms with Gasteiger partial charge in [-0.1, -0.05) is 13.8 Å². The van der Waals surface area contributed by atoms with Gasteiger partial charge in [-0.05, 0) is 19.4 Å². The molecule has 0 aromatic carbocycles. The largest absolute Gasteiger partial charge is 0.272 e. The van der Waals surface area contributed by atoms with Crippen molar-refractivity contribution in [2.24, 2.45) is 7.05 Å². The summed E-state index contributed by atoms with van der Waals surface area (Å²) < 4.78 is 1.93. The highest BCUT2D eigenvalue weighted by molar-refractivity contribution is 6.18. The van der Waals surface area contributed by atoms with Gasteiger partial charge in [-0.3, -0.25) is 4.68 Å². The minimum absolute atomic E-state index is 0.0531. The lowest BCUT2D eigenvalue weighted by molar-refractivity contribution is 0.466. The molecule has 1 atom stereocenters. The Labute approximate surface area is 84.9 Å². The van der Waals surface area contributed by atoms with Gasteiger partial charge in [0.25, 0.3) is 0 Å². The molecule has 0 radical (unpaired) electrons. The fourth-order valence-corrected chi connectivity index (χ4v) is 1.85. The number of hydrogen-bond donors (Lipinski definition) is 0. The molecular formula is C10H17ClN2. The number of aryl methyl sites for hydroxylation is 2. The van der Waals surface area contributed by atoms with Crippen molar-refractivity contribution in [2.75, 3.05) is 5.88 Å². The zero-order valence-corrected chi connectivity index (χ0v) is 9.52. The molecule has 0 bridgehead atoms. The average molecular weight is 201 g/mol. The molecule has 0 saturated carbocycles. The van der Waals surface area contributed by atoms with Crippen LogP contribution in [0.1, 0.15) is 31.7 Å². The van der Waals surface area contributed by atoms with Crippen LogP contribution in [0.25, 0.3) is 0 Å². The van der Waals surface area contributed by atoms with Crippen LogP contribution < -0.4 is 0 Å². The standard InChI is InChI=1S/C10H17ClN2/c1-5-10(3,7-11)9-6-8(2)12-13(9)4/h6H,5,7H2,1-4H3. The van der Waals surface area contributed by atoms with Crippen LogP contribution >= 0.6 is 11.6 Å². The highest BCUT2D eigenvalue weighted by atomic mass is 35.5. The predicted octanol–water partition coefficient (Wildman–Crippen LogP) is 2.64. The van der Waals surface area contributed by atoms with Crippen molar-refractivity contribution in [3.63, 3.8) is 0 Å². The van der Waals surface area contributed by atoms with Gasteiger partial charge in [-0.15, -0.1) is 11.6 Å². The lowest BCUT2D eigenvalue weighted by atomic mass is 9.86. The molecule has 0 aliphatic heterocycles. The molecule has 0 aliphatic carbocycles. The van der Waals surface area contributed by atoms with Crippen molar-refractivity contribution in [3.8, 4) is 0 Å². The first-order valence-corrected chi connectivity index (χ1v) is 5.14. The van der Waals surface area contributed by atoms with Crippen LogP contribution in [-0.2, 0) is 12.5 Å². The predicted molar refractivity (Wildman–Crippen MR) is 56.3 cm³/mol. The summed E-state index contributed by atoms with van der Waals surface area (Å²) in [5.74, 6) is 0.641. The summed E-state index contributed by atoms with van der Waals surface area (Å²) in [7, 11) is 1.97. The molecule has 2 nitrogen and oxygen atoms in total. The lowest BCUT2D eigenvalue weighted by Gasteiger charge is -2.25. The highest BCUT2D eigenvalue weighted by Crippen LogP contribution is 2.28. The fourth-order valence-electron chi connectivity index (χ4n) is 1.52. The number of nitrogens with zero attached hydrogens (tertiary/aromatic N) is 2. The Morgan fingerprint density at radius 1 is 1.62 bits per heavy atom. The van der Waals surface area contributed by atoms with E-state index in [1.54, 1.807) is 0 Å². The molecule has 1 aromatic rings. The molecule has 0 saturated heterocycles. The van der Waals surface area contributed by atoms with Crippen LogP contribution in [0.4, 0.5) is 0 Å². The molecule has 0 spiro atoms. The maximum atomic E-state index is 5.98. The first kappa shape index (κ1) is 10.6. The van der Waals surface area contributed by atoms with Crippen LogP contribution in [0.3, 0.4) is 0 Å². The van der Waals surface area contributed by atoms with Crippen LogP contribution in [-0.4, -0.2) is 15.7 Å². The van der Waals surface area contributed by atoms with Crippen molar-refractivity contribution in [3.05, 3.63) is 17.5 Å². The van der Waals surface area contributed by atoms with E-state index in [2.05, 4.69) is 25.0 Å². The van der Waals surface area contributed by atoms with Gasteiger partial charge in [0.2, 0.25) is 0 Å². The summed E-state index contributed by atoms with van der Waals surface area (Å²) in [5.41, 5.74) is 2.34. The van der Waals surface area contributed by atoms with E-state index in [1.807, 2.05) is 18.7 Å². The van der Waals surface area contributed by atoms with Gasteiger partial charge in [0.05, 0.1) is 5.69 Å². The first-order valence-electron chi connectivity index (χ1n) is 4.60. The lowest BCUT2D eigenvalue weighted by Crippen LogP contribution is -2.26. The molecule has 1 aromatic heterocycles. The zero-order chi connectivity index (χ0) is 10.1.